The van der Waals surface area contributed by atoms with E-state index in [0.29, 0.717) is 5.92 Å². The van der Waals surface area contributed by atoms with Crippen molar-refractivity contribution in [1.82, 2.24) is 0 Å². The lowest BCUT2D eigenvalue weighted by Gasteiger charge is -2.27. The second kappa shape index (κ2) is 4.73. The number of methoxy groups -OCH3 is 2. The molecular formula is C9H18O2. The van der Waals surface area contributed by atoms with Crippen LogP contribution in [0.15, 0.2) is 0 Å². The summed E-state index contributed by atoms with van der Waals surface area (Å²) in [7, 11) is 3.45. The van der Waals surface area contributed by atoms with Crippen molar-refractivity contribution in [3.63, 3.8) is 0 Å². The third kappa shape index (κ3) is 2.46. The SMILES string of the molecule is COC(OC)C1CCCCC1. The van der Waals surface area contributed by atoms with E-state index in [1.807, 2.05) is 0 Å². The summed E-state index contributed by atoms with van der Waals surface area (Å²) >= 11 is 0. The van der Waals surface area contributed by atoms with Crippen LogP contribution in [0.3, 0.4) is 0 Å². The molecule has 1 rings (SSSR count). The molecule has 0 N–H and O–H groups in total. The lowest BCUT2D eigenvalue weighted by molar-refractivity contribution is -0.143. The first-order chi connectivity index (χ1) is 5.38. The second-order valence-corrected chi connectivity index (χ2v) is 3.24. The molecule has 0 unspecified atom stereocenters. The summed E-state index contributed by atoms with van der Waals surface area (Å²) in [5.41, 5.74) is 0. The number of hydrogen-bond acceptors (Lipinski definition) is 2. The molecule has 0 saturated heterocycles. The summed E-state index contributed by atoms with van der Waals surface area (Å²) in [6.07, 6.45) is 6.65. The molecule has 2 heteroatoms. The van der Waals surface area contributed by atoms with Gasteiger partial charge in [-0.1, -0.05) is 19.3 Å². The molecule has 1 saturated carbocycles. The minimum Gasteiger partial charge on any atom is -0.356 e. The Labute approximate surface area is 68.9 Å². The van der Waals surface area contributed by atoms with Crippen LogP contribution in [0.4, 0.5) is 0 Å². The highest BCUT2D eigenvalue weighted by atomic mass is 16.7. The van der Waals surface area contributed by atoms with Crippen LogP contribution in [0.1, 0.15) is 32.1 Å². The summed E-state index contributed by atoms with van der Waals surface area (Å²) in [6, 6.07) is 0. The molecule has 0 atom stereocenters. The van der Waals surface area contributed by atoms with Crippen LogP contribution >= 0.6 is 0 Å². The van der Waals surface area contributed by atoms with Crippen molar-refractivity contribution in [2.45, 2.75) is 38.4 Å². The summed E-state index contributed by atoms with van der Waals surface area (Å²) in [4.78, 5) is 0. The number of ether oxygens (including phenoxy) is 2. The monoisotopic (exact) mass is 158 g/mol. The molecule has 2 nitrogen and oxygen atoms in total. The van der Waals surface area contributed by atoms with Crippen molar-refractivity contribution in [2.24, 2.45) is 5.92 Å². The van der Waals surface area contributed by atoms with E-state index in [4.69, 9.17) is 9.47 Å². The quantitative estimate of drug-likeness (QED) is 0.586. The normalized spacial score (nSPS) is 21.0. The van der Waals surface area contributed by atoms with Gasteiger partial charge in [0.15, 0.2) is 6.29 Å². The fraction of sp³-hybridized carbons (Fsp3) is 1.00. The second-order valence-electron chi connectivity index (χ2n) is 3.24. The Morgan fingerprint density at radius 1 is 1.00 bits per heavy atom. The van der Waals surface area contributed by atoms with Gasteiger partial charge >= 0.3 is 0 Å². The first-order valence-corrected chi connectivity index (χ1v) is 4.44. The largest absolute Gasteiger partial charge is 0.356 e. The maximum atomic E-state index is 5.22. The van der Waals surface area contributed by atoms with Crippen LogP contribution in [0.5, 0.6) is 0 Å². The Hall–Kier alpha value is -0.0800. The number of hydrogen-bond donors (Lipinski definition) is 0. The first kappa shape index (κ1) is 9.01. The Balaban J connectivity index is 2.30. The van der Waals surface area contributed by atoms with Crippen molar-refractivity contribution in [3.8, 4) is 0 Å². The van der Waals surface area contributed by atoms with Gasteiger partial charge in [-0.25, -0.2) is 0 Å². The Morgan fingerprint density at radius 2 is 1.55 bits per heavy atom. The lowest BCUT2D eigenvalue weighted by atomic mass is 9.89. The molecule has 0 amide bonds. The molecule has 1 fully saturated rings. The average molecular weight is 158 g/mol. The topological polar surface area (TPSA) is 18.5 Å². The lowest BCUT2D eigenvalue weighted by Crippen LogP contribution is -2.26. The van der Waals surface area contributed by atoms with E-state index in [2.05, 4.69) is 0 Å². The van der Waals surface area contributed by atoms with Gasteiger partial charge in [-0.2, -0.15) is 0 Å². The van der Waals surface area contributed by atoms with Gasteiger partial charge in [0.25, 0.3) is 0 Å². The van der Waals surface area contributed by atoms with Crippen LogP contribution < -0.4 is 0 Å². The zero-order chi connectivity index (χ0) is 8.10. The average Bonchev–Trinajstić information content (AvgIpc) is 2.09. The zero-order valence-electron chi connectivity index (χ0n) is 7.51. The van der Waals surface area contributed by atoms with Gasteiger partial charge in [-0.05, 0) is 12.8 Å². The first-order valence-electron chi connectivity index (χ1n) is 4.44. The third-order valence-corrected chi connectivity index (χ3v) is 2.50. The molecule has 66 valence electrons. The van der Waals surface area contributed by atoms with E-state index >= 15 is 0 Å². The van der Waals surface area contributed by atoms with Crippen LogP contribution in [0.2, 0.25) is 0 Å². The fourth-order valence-electron chi connectivity index (χ4n) is 1.89. The highest BCUT2D eigenvalue weighted by molar-refractivity contribution is 4.68. The van der Waals surface area contributed by atoms with Gasteiger partial charge in [0.05, 0.1) is 0 Å². The van der Waals surface area contributed by atoms with Gasteiger partial charge in [0.1, 0.15) is 0 Å². The van der Waals surface area contributed by atoms with Crippen molar-refractivity contribution >= 4 is 0 Å². The minimum absolute atomic E-state index is 0.0373. The molecule has 0 aromatic rings. The van der Waals surface area contributed by atoms with Gasteiger partial charge in [-0.3, -0.25) is 0 Å². The maximum absolute atomic E-state index is 5.22. The molecule has 0 spiro atoms. The van der Waals surface area contributed by atoms with Gasteiger partial charge in [0.2, 0.25) is 0 Å². The summed E-state index contributed by atoms with van der Waals surface area (Å²) in [5, 5.41) is 0. The van der Waals surface area contributed by atoms with E-state index in [1.54, 1.807) is 14.2 Å². The van der Waals surface area contributed by atoms with Crippen LogP contribution in [0.25, 0.3) is 0 Å². The van der Waals surface area contributed by atoms with E-state index < -0.39 is 0 Å². The maximum Gasteiger partial charge on any atom is 0.159 e. The van der Waals surface area contributed by atoms with Crippen LogP contribution in [-0.2, 0) is 9.47 Å². The molecule has 11 heavy (non-hydrogen) atoms. The molecule has 1 aliphatic rings. The fourth-order valence-corrected chi connectivity index (χ4v) is 1.89. The van der Waals surface area contributed by atoms with Crippen molar-refractivity contribution in [3.05, 3.63) is 0 Å². The van der Waals surface area contributed by atoms with E-state index in [1.165, 1.54) is 32.1 Å². The Kier molecular flexibility index (Phi) is 3.87. The summed E-state index contributed by atoms with van der Waals surface area (Å²) in [5.74, 6) is 0.638. The van der Waals surface area contributed by atoms with Crippen molar-refractivity contribution < 1.29 is 9.47 Å². The third-order valence-electron chi connectivity index (χ3n) is 2.50. The van der Waals surface area contributed by atoms with Gasteiger partial charge in [0, 0.05) is 20.1 Å². The van der Waals surface area contributed by atoms with E-state index in [0.717, 1.165) is 0 Å². The molecule has 1 aliphatic carbocycles. The Morgan fingerprint density at radius 3 is 2.00 bits per heavy atom. The Bertz CT molecular complexity index is 93.7. The van der Waals surface area contributed by atoms with Gasteiger partial charge < -0.3 is 9.47 Å². The predicted molar refractivity (Wildman–Crippen MR) is 44.4 cm³/mol. The molecular weight excluding hydrogens is 140 g/mol. The predicted octanol–water partition coefficient (Wildman–Crippen LogP) is 2.19. The summed E-state index contributed by atoms with van der Waals surface area (Å²) in [6.45, 7) is 0. The van der Waals surface area contributed by atoms with Crippen molar-refractivity contribution in [1.29, 1.82) is 0 Å². The molecule has 0 heterocycles. The standard InChI is InChI=1S/C9H18O2/c1-10-9(11-2)8-6-4-3-5-7-8/h8-9H,3-7H2,1-2H3. The molecule has 0 aromatic carbocycles. The highest BCUT2D eigenvalue weighted by Crippen LogP contribution is 2.27. The summed E-state index contributed by atoms with van der Waals surface area (Å²) < 4.78 is 10.4. The van der Waals surface area contributed by atoms with E-state index in [-0.39, 0.29) is 6.29 Å². The van der Waals surface area contributed by atoms with Crippen LogP contribution in [-0.4, -0.2) is 20.5 Å². The smallest absolute Gasteiger partial charge is 0.159 e. The number of rotatable bonds is 3. The van der Waals surface area contributed by atoms with Crippen molar-refractivity contribution in [2.75, 3.05) is 14.2 Å². The molecule has 0 bridgehead atoms. The van der Waals surface area contributed by atoms with Gasteiger partial charge in [-0.15, -0.1) is 0 Å². The van der Waals surface area contributed by atoms with E-state index in [9.17, 15) is 0 Å². The van der Waals surface area contributed by atoms with Crippen LogP contribution in [0, 0.1) is 5.92 Å². The molecule has 0 radical (unpaired) electrons. The molecule has 0 aromatic heterocycles. The highest BCUT2D eigenvalue weighted by Gasteiger charge is 2.22. The zero-order valence-corrected chi connectivity index (χ0v) is 7.51. The minimum atomic E-state index is 0.0373. The molecule has 0 aliphatic heterocycles.